The Labute approximate surface area is 214 Å². The van der Waals surface area contributed by atoms with Gasteiger partial charge in [-0.15, -0.1) is 0 Å². The van der Waals surface area contributed by atoms with Crippen LogP contribution in [0.15, 0.2) is 71.9 Å². The van der Waals surface area contributed by atoms with E-state index in [1.807, 2.05) is 25.1 Å². The summed E-state index contributed by atoms with van der Waals surface area (Å²) in [6, 6.07) is 11.8. The van der Waals surface area contributed by atoms with Crippen LogP contribution in [0.1, 0.15) is 42.5 Å². The van der Waals surface area contributed by atoms with Crippen LogP contribution in [0, 0.1) is 6.92 Å². The molecule has 0 bridgehead atoms. The minimum atomic E-state index is -4.84. The molecule has 1 aromatic heterocycles. The highest BCUT2D eigenvalue weighted by atomic mass is 32.2. The van der Waals surface area contributed by atoms with Crippen molar-refractivity contribution >= 4 is 16.1 Å². The topological polar surface area (TPSA) is 105 Å². The zero-order chi connectivity index (χ0) is 27.2. The maximum absolute atomic E-state index is 13.7. The van der Waals surface area contributed by atoms with Crippen LogP contribution < -0.4 is 11.1 Å². The molecule has 3 rings (SSSR count). The van der Waals surface area contributed by atoms with E-state index >= 15 is 0 Å². The zero-order valence-corrected chi connectivity index (χ0v) is 21.3. The molecule has 1 heterocycles. The Bertz CT molecular complexity index is 1350. The van der Waals surface area contributed by atoms with Crippen molar-refractivity contribution in [1.29, 1.82) is 0 Å². The number of rotatable bonds is 10. The van der Waals surface area contributed by atoms with Gasteiger partial charge in [-0.25, -0.2) is 13.2 Å². The number of unbranched alkanes of at least 4 members (excludes halogenated alkanes) is 1. The molecule has 3 aromatic rings. The van der Waals surface area contributed by atoms with Crippen molar-refractivity contribution in [2.75, 3.05) is 13.1 Å². The van der Waals surface area contributed by atoms with E-state index in [0.29, 0.717) is 18.4 Å². The average molecular weight is 535 g/mol. The van der Waals surface area contributed by atoms with Crippen LogP contribution in [-0.2, 0) is 16.2 Å². The lowest BCUT2D eigenvalue weighted by Gasteiger charge is -2.30. The van der Waals surface area contributed by atoms with Crippen LogP contribution in [0.4, 0.5) is 18.0 Å². The van der Waals surface area contributed by atoms with Crippen molar-refractivity contribution in [2.45, 2.75) is 43.8 Å². The Morgan fingerprint density at radius 2 is 1.84 bits per heavy atom. The number of hydrogen-bond donors (Lipinski definition) is 2. The summed E-state index contributed by atoms with van der Waals surface area (Å²) < 4.78 is 69.7. The fraction of sp³-hybridized carbons (Fsp3) is 0.308. The van der Waals surface area contributed by atoms with Gasteiger partial charge in [0.25, 0.3) is 0 Å². The second-order valence-electron chi connectivity index (χ2n) is 8.60. The number of nitrogens with one attached hydrogen (secondary N) is 1. The largest absolute Gasteiger partial charge is 0.417 e. The number of sulfonamides is 1. The number of amides is 2. The van der Waals surface area contributed by atoms with Crippen LogP contribution in [0.5, 0.6) is 0 Å². The van der Waals surface area contributed by atoms with E-state index in [1.165, 1.54) is 6.07 Å². The Morgan fingerprint density at radius 1 is 1.11 bits per heavy atom. The van der Waals surface area contributed by atoms with Crippen LogP contribution >= 0.6 is 0 Å². The van der Waals surface area contributed by atoms with Gasteiger partial charge in [0.1, 0.15) is 0 Å². The van der Waals surface area contributed by atoms with Gasteiger partial charge in [-0.2, -0.15) is 17.5 Å². The van der Waals surface area contributed by atoms with E-state index in [4.69, 9.17) is 5.73 Å². The van der Waals surface area contributed by atoms with Crippen molar-refractivity contribution in [3.8, 4) is 11.1 Å². The Balaban J connectivity index is 2.01. The number of carbonyl (C=O) groups excluding carboxylic acids is 1. The van der Waals surface area contributed by atoms with E-state index in [1.54, 1.807) is 31.5 Å². The highest BCUT2D eigenvalue weighted by Crippen LogP contribution is 2.38. The predicted octanol–water partition coefficient (Wildman–Crippen LogP) is 5.28. The molecule has 0 radical (unpaired) electrons. The molecule has 2 aromatic carbocycles. The summed E-state index contributed by atoms with van der Waals surface area (Å²) in [5, 5.41) is 2.43. The van der Waals surface area contributed by atoms with Crippen molar-refractivity contribution in [1.82, 2.24) is 14.6 Å². The molecule has 0 aliphatic carbocycles. The summed E-state index contributed by atoms with van der Waals surface area (Å²) in [5.74, 6) is 0. The number of halogens is 3. The smallest absolute Gasteiger partial charge is 0.352 e. The number of pyridine rings is 1. The number of hydrogen-bond acceptors (Lipinski definition) is 4. The number of primary amides is 1. The Hall–Kier alpha value is -3.44. The van der Waals surface area contributed by atoms with Gasteiger partial charge in [-0.05, 0) is 73.2 Å². The monoisotopic (exact) mass is 534 g/mol. The first-order valence-electron chi connectivity index (χ1n) is 11.6. The Morgan fingerprint density at radius 3 is 2.51 bits per heavy atom. The predicted molar refractivity (Wildman–Crippen MR) is 135 cm³/mol. The SMILES string of the molecule is Cc1cnccc1-c1cccc([C@H](C)N(CCCCNC(N)=O)S(=O)(=O)c2ccccc2C(F)(F)F)c1. The lowest BCUT2D eigenvalue weighted by molar-refractivity contribution is -0.139. The van der Waals surface area contributed by atoms with Gasteiger partial charge in [-0.3, -0.25) is 4.98 Å². The molecule has 0 spiro atoms. The van der Waals surface area contributed by atoms with E-state index in [0.717, 1.165) is 39.2 Å². The van der Waals surface area contributed by atoms with Gasteiger partial charge in [0.05, 0.1) is 10.5 Å². The number of benzene rings is 2. The molecule has 0 fully saturated rings. The summed E-state index contributed by atoms with van der Waals surface area (Å²) in [5.41, 5.74) is 7.15. The number of urea groups is 1. The number of aryl methyl sites for hydroxylation is 1. The van der Waals surface area contributed by atoms with Gasteiger partial charge in [0.2, 0.25) is 10.0 Å². The lowest BCUT2D eigenvalue weighted by Crippen LogP contribution is -2.36. The normalized spacial score (nSPS) is 12.9. The first-order valence-corrected chi connectivity index (χ1v) is 13.1. The quantitative estimate of drug-likeness (QED) is 0.346. The van der Waals surface area contributed by atoms with Crippen LogP contribution in [-0.4, -0.2) is 36.8 Å². The fourth-order valence-corrected chi connectivity index (χ4v) is 5.98. The molecule has 3 N–H and O–H groups in total. The molecular weight excluding hydrogens is 505 g/mol. The molecular formula is C26H29F3N4O3S. The molecule has 37 heavy (non-hydrogen) atoms. The van der Waals surface area contributed by atoms with Gasteiger partial charge in [0, 0.05) is 31.5 Å². The van der Waals surface area contributed by atoms with Crippen molar-refractivity contribution in [3.63, 3.8) is 0 Å². The molecule has 2 amide bonds. The summed E-state index contributed by atoms with van der Waals surface area (Å²) >= 11 is 0. The number of nitrogens with zero attached hydrogens (tertiary/aromatic N) is 2. The molecule has 0 aliphatic rings. The minimum Gasteiger partial charge on any atom is -0.352 e. The number of alkyl halides is 3. The molecule has 0 saturated heterocycles. The zero-order valence-electron chi connectivity index (χ0n) is 20.5. The van der Waals surface area contributed by atoms with Crippen molar-refractivity contribution in [2.24, 2.45) is 5.73 Å². The number of aromatic nitrogens is 1. The van der Waals surface area contributed by atoms with E-state index in [9.17, 15) is 26.4 Å². The maximum Gasteiger partial charge on any atom is 0.417 e. The second kappa shape index (κ2) is 11.7. The molecule has 11 heteroatoms. The molecule has 198 valence electrons. The third kappa shape index (κ3) is 6.86. The third-order valence-electron chi connectivity index (χ3n) is 6.02. The summed E-state index contributed by atoms with van der Waals surface area (Å²) in [6.45, 7) is 3.71. The summed E-state index contributed by atoms with van der Waals surface area (Å²) in [7, 11) is -4.56. The molecule has 1 atom stereocenters. The third-order valence-corrected chi connectivity index (χ3v) is 8.04. The summed E-state index contributed by atoms with van der Waals surface area (Å²) in [6.07, 6.45) is -0.789. The molecule has 0 saturated carbocycles. The van der Waals surface area contributed by atoms with Crippen LogP contribution in [0.25, 0.3) is 11.1 Å². The van der Waals surface area contributed by atoms with Gasteiger partial charge < -0.3 is 11.1 Å². The first-order chi connectivity index (χ1) is 17.4. The highest BCUT2D eigenvalue weighted by Gasteiger charge is 2.40. The molecule has 0 aliphatic heterocycles. The van der Waals surface area contributed by atoms with Gasteiger partial charge in [-0.1, -0.05) is 30.3 Å². The molecule has 7 nitrogen and oxygen atoms in total. The van der Waals surface area contributed by atoms with Gasteiger partial charge >= 0.3 is 12.2 Å². The van der Waals surface area contributed by atoms with Crippen molar-refractivity contribution < 1.29 is 26.4 Å². The van der Waals surface area contributed by atoms with Gasteiger partial charge in [0.15, 0.2) is 0 Å². The van der Waals surface area contributed by atoms with Crippen LogP contribution in [0.3, 0.4) is 0 Å². The lowest BCUT2D eigenvalue weighted by atomic mass is 9.98. The van der Waals surface area contributed by atoms with Crippen LogP contribution in [0.2, 0.25) is 0 Å². The minimum absolute atomic E-state index is 0.0609. The van der Waals surface area contributed by atoms with E-state index < -0.39 is 38.7 Å². The fourth-order valence-electron chi connectivity index (χ4n) is 4.11. The maximum atomic E-state index is 13.7. The van der Waals surface area contributed by atoms with E-state index in [-0.39, 0.29) is 13.1 Å². The second-order valence-corrected chi connectivity index (χ2v) is 10.5. The number of nitrogens with two attached hydrogens (primary N) is 1. The van der Waals surface area contributed by atoms with Crippen molar-refractivity contribution in [3.05, 3.63) is 83.7 Å². The first kappa shape index (κ1) is 28.1. The molecule has 0 unspecified atom stereocenters. The highest BCUT2D eigenvalue weighted by molar-refractivity contribution is 7.89. The standard InChI is InChI=1S/C26H29F3N4O3S/c1-18-17-31-14-12-22(18)21-9-7-8-20(16-21)19(2)33(15-6-5-13-32-25(30)34)37(35,36)24-11-4-3-10-23(24)26(27,28)29/h3-4,7-12,14,16-17,19H,5-6,13,15H2,1-2H3,(H3,30,32,34)/t19-/m0/s1. The number of carbonyl (C=O) groups is 1. The van der Waals surface area contributed by atoms with E-state index in [2.05, 4.69) is 10.3 Å². The Kier molecular flexibility index (Phi) is 8.93. The summed E-state index contributed by atoms with van der Waals surface area (Å²) in [4.78, 5) is 14.2. The average Bonchev–Trinajstić information content (AvgIpc) is 2.85.